The second-order valence-corrected chi connectivity index (χ2v) is 7.55. The van der Waals surface area contributed by atoms with Crippen molar-refractivity contribution in [1.82, 2.24) is 9.88 Å². The summed E-state index contributed by atoms with van der Waals surface area (Å²) in [7, 11) is -1.90. The molecule has 0 atom stereocenters. The second kappa shape index (κ2) is 8.16. The maximum Gasteiger partial charge on any atom is 0.240 e. The van der Waals surface area contributed by atoms with Gasteiger partial charge in [0.25, 0.3) is 0 Å². The third-order valence-corrected chi connectivity index (χ3v) is 5.48. The van der Waals surface area contributed by atoms with Crippen LogP contribution in [0.15, 0.2) is 70.4 Å². The number of nitrogens with one attached hydrogen (secondary N) is 1. The number of hydrogen-bond donors (Lipinski definition) is 1. The van der Waals surface area contributed by atoms with Gasteiger partial charge < -0.3 is 9.26 Å². The van der Waals surface area contributed by atoms with Gasteiger partial charge in [-0.05, 0) is 48.2 Å². The smallest absolute Gasteiger partial charge is 0.240 e. The van der Waals surface area contributed by atoms with Crippen molar-refractivity contribution in [1.29, 1.82) is 0 Å². The highest BCUT2D eigenvalue weighted by atomic mass is 32.2. The molecule has 6 nitrogen and oxygen atoms in total. The number of ether oxygens (including phenoxy) is 1. The van der Waals surface area contributed by atoms with Crippen molar-refractivity contribution in [2.45, 2.75) is 17.7 Å². The van der Waals surface area contributed by atoms with Crippen LogP contribution in [0.4, 0.5) is 0 Å². The minimum absolute atomic E-state index is 0.250. The number of sulfonamides is 1. The number of nitrogens with zero attached hydrogens (tertiary/aromatic N) is 1. The van der Waals surface area contributed by atoms with Crippen molar-refractivity contribution in [2.75, 3.05) is 13.7 Å². The topological polar surface area (TPSA) is 81.4 Å². The molecule has 0 radical (unpaired) electrons. The Bertz CT molecular complexity index is 919. The van der Waals surface area contributed by atoms with Crippen molar-refractivity contribution >= 4 is 10.0 Å². The molecule has 136 valence electrons. The molecule has 1 N–H and O–H groups in total. The molecule has 7 heteroatoms. The molecule has 0 aliphatic carbocycles. The Morgan fingerprint density at radius 3 is 2.27 bits per heavy atom. The van der Waals surface area contributed by atoms with E-state index < -0.39 is 10.0 Å². The molecule has 0 aliphatic heterocycles. The number of aromatic nitrogens is 1. The first-order valence-electron chi connectivity index (χ1n) is 8.21. The maximum absolute atomic E-state index is 12.4. The monoisotopic (exact) mass is 372 g/mol. The van der Waals surface area contributed by atoms with Crippen LogP contribution >= 0.6 is 0 Å². The van der Waals surface area contributed by atoms with Crippen molar-refractivity contribution in [2.24, 2.45) is 0 Å². The van der Waals surface area contributed by atoms with Crippen molar-refractivity contribution in [3.8, 4) is 16.9 Å². The molecule has 3 rings (SSSR count). The van der Waals surface area contributed by atoms with E-state index in [0.29, 0.717) is 19.4 Å². The van der Waals surface area contributed by atoms with Crippen LogP contribution in [0.2, 0.25) is 0 Å². The first-order chi connectivity index (χ1) is 12.6. The lowest BCUT2D eigenvalue weighted by molar-refractivity contribution is 0.415. The molecule has 0 bridgehead atoms. The van der Waals surface area contributed by atoms with Gasteiger partial charge in [0.1, 0.15) is 12.0 Å². The fourth-order valence-corrected chi connectivity index (χ4v) is 3.62. The first kappa shape index (κ1) is 18.2. The van der Waals surface area contributed by atoms with E-state index in [-0.39, 0.29) is 4.90 Å². The van der Waals surface area contributed by atoms with Gasteiger partial charge in [0.2, 0.25) is 10.0 Å². The van der Waals surface area contributed by atoms with Crippen molar-refractivity contribution < 1.29 is 17.7 Å². The van der Waals surface area contributed by atoms with Crippen molar-refractivity contribution in [3.63, 3.8) is 0 Å². The zero-order valence-corrected chi connectivity index (χ0v) is 15.2. The predicted molar refractivity (Wildman–Crippen MR) is 98.4 cm³/mol. The van der Waals surface area contributed by atoms with Crippen LogP contribution in [0.5, 0.6) is 5.75 Å². The zero-order chi connectivity index (χ0) is 18.4. The van der Waals surface area contributed by atoms with Crippen LogP contribution in [0.1, 0.15) is 12.0 Å². The van der Waals surface area contributed by atoms with E-state index in [9.17, 15) is 8.42 Å². The molecule has 1 aromatic heterocycles. The van der Waals surface area contributed by atoms with Gasteiger partial charge in [-0.15, -0.1) is 0 Å². The summed E-state index contributed by atoms with van der Waals surface area (Å²) in [5.74, 6) is 0.781. The highest BCUT2D eigenvalue weighted by Crippen LogP contribution is 2.23. The van der Waals surface area contributed by atoms with Crippen LogP contribution in [0, 0.1) is 0 Å². The van der Waals surface area contributed by atoms with E-state index in [2.05, 4.69) is 9.88 Å². The molecule has 2 aromatic carbocycles. The lowest BCUT2D eigenvalue weighted by Crippen LogP contribution is -2.25. The van der Waals surface area contributed by atoms with E-state index in [4.69, 9.17) is 9.26 Å². The third kappa shape index (κ3) is 4.50. The average molecular weight is 372 g/mol. The summed E-state index contributed by atoms with van der Waals surface area (Å²) in [6.07, 6.45) is 4.57. The summed E-state index contributed by atoms with van der Waals surface area (Å²) in [5, 5.41) is 3.62. The number of hydrogen-bond acceptors (Lipinski definition) is 5. The largest absolute Gasteiger partial charge is 0.497 e. The molecule has 0 spiro atoms. The lowest BCUT2D eigenvalue weighted by atomic mass is 10.1. The van der Waals surface area contributed by atoms with E-state index in [1.54, 1.807) is 43.8 Å². The Hall–Kier alpha value is -2.64. The van der Waals surface area contributed by atoms with Crippen molar-refractivity contribution in [3.05, 3.63) is 66.6 Å². The Labute approximate surface area is 152 Å². The fraction of sp³-hybridized carbons (Fsp3) is 0.211. The minimum Gasteiger partial charge on any atom is -0.497 e. The van der Waals surface area contributed by atoms with Gasteiger partial charge in [0, 0.05) is 12.1 Å². The first-order valence-corrected chi connectivity index (χ1v) is 9.69. The SMILES string of the molecule is COc1ccc(-c2ccc(S(=O)(=O)NCCCc3cnoc3)cc2)cc1. The molecule has 3 aromatic rings. The van der Waals surface area contributed by atoms with Gasteiger partial charge in [-0.2, -0.15) is 0 Å². The van der Waals surface area contributed by atoms with Gasteiger partial charge in [-0.25, -0.2) is 13.1 Å². The normalized spacial score (nSPS) is 11.4. The van der Waals surface area contributed by atoms with Gasteiger partial charge in [-0.1, -0.05) is 29.4 Å². The summed E-state index contributed by atoms with van der Waals surface area (Å²) in [6, 6.07) is 14.4. The van der Waals surface area contributed by atoms with E-state index in [0.717, 1.165) is 22.4 Å². The second-order valence-electron chi connectivity index (χ2n) is 5.79. The fourth-order valence-electron chi connectivity index (χ4n) is 2.54. The molecule has 0 saturated carbocycles. The number of aryl methyl sites for hydroxylation is 1. The molecular weight excluding hydrogens is 352 g/mol. The number of methoxy groups -OCH3 is 1. The summed E-state index contributed by atoms with van der Waals surface area (Å²) >= 11 is 0. The molecule has 26 heavy (non-hydrogen) atoms. The molecule has 0 saturated heterocycles. The Balaban J connectivity index is 1.60. The maximum atomic E-state index is 12.4. The van der Waals surface area contributed by atoms with Crippen LogP contribution < -0.4 is 9.46 Å². The van der Waals surface area contributed by atoms with Gasteiger partial charge in [0.15, 0.2) is 0 Å². The molecular formula is C19H20N2O4S. The highest BCUT2D eigenvalue weighted by Gasteiger charge is 2.13. The summed E-state index contributed by atoms with van der Waals surface area (Å²) in [4.78, 5) is 0.250. The molecule has 1 heterocycles. The molecule has 0 unspecified atom stereocenters. The standard InChI is InChI=1S/C19H20N2O4S/c1-24-18-8-4-16(5-9-18)17-6-10-19(11-7-17)26(22,23)21-12-2-3-15-13-20-25-14-15/h4-11,13-14,21H,2-3,12H2,1H3. The lowest BCUT2D eigenvalue weighted by Gasteiger charge is -2.08. The van der Waals surface area contributed by atoms with Gasteiger partial charge >= 0.3 is 0 Å². The summed E-state index contributed by atoms with van der Waals surface area (Å²) in [6.45, 7) is 0.355. The van der Waals surface area contributed by atoms with Crippen LogP contribution in [-0.4, -0.2) is 27.2 Å². The summed E-state index contributed by atoms with van der Waals surface area (Å²) < 4.78 is 37.2. The Morgan fingerprint density at radius 2 is 1.69 bits per heavy atom. The molecule has 0 fully saturated rings. The van der Waals surface area contributed by atoms with Crippen LogP contribution in [-0.2, 0) is 16.4 Å². The number of benzene rings is 2. The highest BCUT2D eigenvalue weighted by molar-refractivity contribution is 7.89. The molecule has 0 aliphatic rings. The van der Waals surface area contributed by atoms with Crippen LogP contribution in [0.25, 0.3) is 11.1 Å². The quantitative estimate of drug-likeness (QED) is 0.614. The average Bonchev–Trinajstić information content (AvgIpc) is 3.19. The zero-order valence-electron chi connectivity index (χ0n) is 14.4. The van der Waals surface area contributed by atoms with E-state index in [1.807, 2.05) is 24.3 Å². The Morgan fingerprint density at radius 1 is 1.04 bits per heavy atom. The van der Waals surface area contributed by atoms with Gasteiger partial charge in [-0.3, -0.25) is 0 Å². The third-order valence-electron chi connectivity index (χ3n) is 4.01. The predicted octanol–water partition coefficient (Wildman–Crippen LogP) is 3.26. The summed E-state index contributed by atoms with van der Waals surface area (Å²) in [5.41, 5.74) is 2.89. The van der Waals surface area contributed by atoms with Crippen LogP contribution in [0.3, 0.4) is 0 Å². The van der Waals surface area contributed by atoms with E-state index in [1.165, 1.54) is 0 Å². The number of rotatable bonds is 8. The molecule has 0 amide bonds. The van der Waals surface area contributed by atoms with Gasteiger partial charge in [0.05, 0.1) is 18.2 Å². The van der Waals surface area contributed by atoms with E-state index >= 15 is 0 Å². The minimum atomic E-state index is -3.52. The Kier molecular flexibility index (Phi) is 5.70.